The fourth-order valence-electron chi connectivity index (χ4n) is 5.90. The number of likely N-dealkylation sites (tertiary alicyclic amines) is 2. The monoisotopic (exact) mass is 411 g/mol. The molecule has 1 spiro atoms. The molecule has 30 heavy (non-hydrogen) atoms. The van der Waals surface area contributed by atoms with Crippen molar-refractivity contribution in [2.75, 3.05) is 38.0 Å². The topological polar surface area (TPSA) is 52.7 Å². The number of anilines is 1. The molecular formula is C25H37N3O2. The molecule has 3 aliphatic rings. The Labute approximate surface area is 181 Å². The molecule has 5 heteroatoms. The van der Waals surface area contributed by atoms with Gasteiger partial charge in [-0.3, -0.25) is 9.59 Å². The Morgan fingerprint density at radius 2 is 1.90 bits per heavy atom. The first-order valence-electron chi connectivity index (χ1n) is 11.9. The average Bonchev–Trinajstić information content (AvgIpc) is 3.15. The highest BCUT2D eigenvalue weighted by Crippen LogP contribution is 2.40. The first-order valence-corrected chi connectivity index (χ1v) is 11.9. The Morgan fingerprint density at radius 3 is 2.70 bits per heavy atom. The van der Waals surface area contributed by atoms with Gasteiger partial charge in [-0.25, -0.2) is 0 Å². The van der Waals surface area contributed by atoms with Crippen molar-refractivity contribution < 1.29 is 9.59 Å². The van der Waals surface area contributed by atoms with Crippen molar-refractivity contribution in [1.29, 1.82) is 0 Å². The second-order valence-corrected chi connectivity index (χ2v) is 9.91. The van der Waals surface area contributed by atoms with Crippen molar-refractivity contribution in [2.24, 2.45) is 11.3 Å². The van der Waals surface area contributed by atoms with Gasteiger partial charge < -0.3 is 15.1 Å². The molecule has 4 rings (SSSR count). The third-order valence-electron chi connectivity index (χ3n) is 7.47. The first-order chi connectivity index (χ1) is 14.5. The van der Waals surface area contributed by atoms with Gasteiger partial charge in [-0.15, -0.1) is 0 Å². The predicted molar refractivity (Wildman–Crippen MR) is 121 cm³/mol. The minimum Gasteiger partial charge on any atom is -0.338 e. The van der Waals surface area contributed by atoms with Crippen molar-refractivity contribution in [2.45, 2.75) is 64.7 Å². The molecule has 2 aliphatic heterocycles. The number of hydrogen-bond donors (Lipinski definition) is 1. The van der Waals surface area contributed by atoms with E-state index in [9.17, 15) is 9.59 Å². The molecule has 1 aliphatic carbocycles. The number of piperidine rings is 1. The van der Waals surface area contributed by atoms with Crippen LogP contribution in [0.25, 0.3) is 0 Å². The van der Waals surface area contributed by atoms with Gasteiger partial charge >= 0.3 is 0 Å². The lowest BCUT2D eigenvalue weighted by molar-refractivity contribution is -0.114. The molecule has 5 nitrogen and oxygen atoms in total. The Hall–Kier alpha value is -1.88. The molecular weight excluding hydrogens is 374 g/mol. The predicted octanol–water partition coefficient (Wildman–Crippen LogP) is 4.54. The van der Waals surface area contributed by atoms with Crippen LogP contribution in [0.5, 0.6) is 0 Å². The summed E-state index contributed by atoms with van der Waals surface area (Å²) in [6, 6.07) is 7.33. The van der Waals surface area contributed by atoms with Crippen LogP contribution in [0.1, 0.15) is 75.1 Å². The maximum Gasteiger partial charge on any atom is 0.253 e. The number of carbonyl (C=O) groups excluding carboxylic acids is 2. The fourth-order valence-corrected chi connectivity index (χ4v) is 5.90. The summed E-state index contributed by atoms with van der Waals surface area (Å²) < 4.78 is 0. The lowest BCUT2D eigenvalue weighted by atomic mass is 9.79. The van der Waals surface area contributed by atoms with E-state index in [2.05, 4.69) is 10.2 Å². The highest BCUT2D eigenvalue weighted by atomic mass is 16.2. The molecule has 0 unspecified atom stereocenters. The largest absolute Gasteiger partial charge is 0.338 e. The smallest absolute Gasteiger partial charge is 0.253 e. The van der Waals surface area contributed by atoms with E-state index in [-0.39, 0.29) is 17.2 Å². The van der Waals surface area contributed by atoms with Gasteiger partial charge in [0.25, 0.3) is 5.91 Å². The Morgan fingerprint density at radius 1 is 1.07 bits per heavy atom. The van der Waals surface area contributed by atoms with Gasteiger partial charge in [0.1, 0.15) is 0 Å². The number of carbonyl (C=O) groups is 2. The number of rotatable bonds is 5. The molecule has 2 amide bonds. The Bertz CT molecular complexity index is 759. The number of nitrogens with zero attached hydrogens (tertiary/aromatic N) is 2. The quantitative estimate of drug-likeness (QED) is 0.774. The van der Waals surface area contributed by atoms with E-state index in [0.717, 1.165) is 32.0 Å². The van der Waals surface area contributed by atoms with E-state index in [0.29, 0.717) is 11.3 Å². The maximum atomic E-state index is 13.1. The van der Waals surface area contributed by atoms with Crippen LogP contribution in [0, 0.1) is 11.3 Å². The summed E-state index contributed by atoms with van der Waals surface area (Å²) in [7, 11) is 0. The molecule has 2 heterocycles. The van der Waals surface area contributed by atoms with Crippen LogP contribution in [0.15, 0.2) is 24.3 Å². The second-order valence-electron chi connectivity index (χ2n) is 9.91. The highest BCUT2D eigenvalue weighted by Gasteiger charge is 2.42. The second kappa shape index (κ2) is 9.51. The summed E-state index contributed by atoms with van der Waals surface area (Å²) in [6.45, 7) is 6.81. The minimum absolute atomic E-state index is 0.0957. The van der Waals surface area contributed by atoms with Gasteiger partial charge in [0.15, 0.2) is 0 Å². The molecule has 0 bridgehead atoms. The summed E-state index contributed by atoms with van der Waals surface area (Å²) in [4.78, 5) is 29.2. The molecule has 1 atom stereocenters. The zero-order valence-electron chi connectivity index (χ0n) is 18.5. The van der Waals surface area contributed by atoms with E-state index in [1.54, 1.807) is 6.07 Å². The third kappa shape index (κ3) is 5.23. The Kier molecular flexibility index (Phi) is 6.77. The fraction of sp³-hybridized carbons (Fsp3) is 0.680. The minimum atomic E-state index is -0.116. The van der Waals surface area contributed by atoms with Crippen LogP contribution in [-0.2, 0) is 4.79 Å². The van der Waals surface area contributed by atoms with Gasteiger partial charge in [-0.2, -0.15) is 0 Å². The van der Waals surface area contributed by atoms with Gasteiger partial charge in [0, 0.05) is 43.2 Å². The zero-order valence-corrected chi connectivity index (χ0v) is 18.5. The average molecular weight is 412 g/mol. The van der Waals surface area contributed by atoms with Crippen molar-refractivity contribution in [1.82, 2.24) is 9.80 Å². The summed E-state index contributed by atoms with van der Waals surface area (Å²) >= 11 is 0. The van der Waals surface area contributed by atoms with E-state index in [4.69, 9.17) is 0 Å². The lowest BCUT2D eigenvalue weighted by Gasteiger charge is -2.41. The summed E-state index contributed by atoms with van der Waals surface area (Å²) in [5, 5.41) is 2.78. The molecule has 0 radical (unpaired) electrons. The number of nitrogens with one attached hydrogen (secondary N) is 1. The van der Waals surface area contributed by atoms with Crippen LogP contribution in [-0.4, -0.2) is 54.3 Å². The summed E-state index contributed by atoms with van der Waals surface area (Å²) in [5.41, 5.74) is 1.63. The van der Waals surface area contributed by atoms with Crippen molar-refractivity contribution in [3.63, 3.8) is 0 Å². The SMILES string of the molecule is CC(=O)Nc1cccc(C(=O)N2CC[C@@]3(CCCN(CCC4CCCCC4)C3)C2)c1. The normalized spacial score (nSPS) is 25.6. The summed E-state index contributed by atoms with van der Waals surface area (Å²) in [6.07, 6.45) is 12.1. The van der Waals surface area contributed by atoms with Gasteiger partial charge in [-0.1, -0.05) is 38.2 Å². The highest BCUT2D eigenvalue weighted by molar-refractivity contribution is 5.97. The van der Waals surface area contributed by atoms with Crippen molar-refractivity contribution >= 4 is 17.5 Å². The van der Waals surface area contributed by atoms with E-state index in [1.165, 1.54) is 71.4 Å². The van der Waals surface area contributed by atoms with Crippen molar-refractivity contribution in [3.8, 4) is 0 Å². The van der Waals surface area contributed by atoms with Crippen LogP contribution in [0.4, 0.5) is 5.69 Å². The molecule has 3 fully saturated rings. The molecule has 1 aromatic carbocycles. The van der Waals surface area contributed by atoms with Gasteiger partial charge in [-0.05, 0) is 62.9 Å². The third-order valence-corrected chi connectivity index (χ3v) is 7.47. The first kappa shape index (κ1) is 21.4. The van der Waals surface area contributed by atoms with Crippen LogP contribution in [0.3, 0.4) is 0 Å². The number of hydrogen-bond acceptors (Lipinski definition) is 3. The van der Waals surface area contributed by atoms with E-state index < -0.39 is 0 Å². The van der Waals surface area contributed by atoms with Crippen LogP contribution < -0.4 is 5.32 Å². The lowest BCUT2D eigenvalue weighted by Crippen LogP contribution is -2.45. The van der Waals surface area contributed by atoms with Gasteiger partial charge in [0.05, 0.1) is 0 Å². The van der Waals surface area contributed by atoms with E-state index in [1.807, 2.05) is 23.1 Å². The number of amides is 2. The van der Waals surface area contributed by atoms with Gasteiger partial charge in [0.2, 0.25) is 5.91 Å². The van der Waals surface area contributed by atoms with E-state index >= 15 is 0 Å². The maximum absolute atomic E-state index is 13.1. The Balaban J connectivity index is 1.33. The standard InChI is InChI=1S/C25H37N3O2/c1-20(29)26-23-10-5-9-22(17-23)24(30)28-16-13-25(19-28)12-6-14-27(18-25)15-11-21-7-3-2-4-8-21/h5,9-10,17,21H,2-4,6-8,11-16,18-19H2,1H3,(H,26,29)/t25-/m1/s1. The molecule has 1 aromatic rings. The zero-order chi connectivity index (χ0) is 21.0. The van der Waals surface area contributed by atoms with Crippen LogP contribution >= 0.6 is 0 Å². The number of benzene rings is 1. The molecule has 1 saturated carbocycles. The molecule has 164 valence electrons. The summed E-state index contributed by atoms with van der Waals surface area (Å²) in [5.74, 6) is 0.919. The molecule has 2 saturated heterocycles. The molecule has 1 N–H and O–H groups in total. The molecule has 0 aromatic heterocycles. The van der Waals surface area contributed by atoms with Crippen molar-refractivity contribution in [3.05, 3.63) is 29.8 Å². The van der Waals surface area contributed by atoms with Crippen LogP contribution in [0.2, 0.25) is 0 Å².